The number of carbonyl (C=O) groups excluding carboxylic acids is 1. The van der Waals surface area contributed by atoms with Crippen LogP contribution in [0.25, 0.3) is 6.08 Å². The number of amides is 1. The number of nitrogens with one attached hydrogen (secondary N) is 1. The first-order valence-corrected chi connectivity index (χ1v) is 5.87. The van der Waals surface area contributed by atoms with Crippen molar-refractivity contribution < 1.29 is 9.90 Å². The number of phenolic OH excluding ortho intramolecular Hbond substituents is 1. The molecule has 0 aliphatic rings. The number of benzene rings is 1. The molecule has 1 aromatic rings. The SMILES string of the molecule is C=CCNC(=O)C(C#N)=Cc1ccc(O)c(Br)c1. The van der Waals surface area contributed by atoms with Crippen LogP contribution in [0.5, 0.6) is 5.75 Å². The Morgan fingerprint density at radius 1 is 1.61 bits per heavy atom. The molecule has 0 saturated heterocycles. The van der Waals surface area contributed by atoms with Gasteiger partial charge in [0, 0.05) is 6.54 Å². The monoisotopic (exact) mass is 306 g/mol. The molecule has 0 aliphatic heterocycles. The molecule has 0 unspecified atom stereocenters. The van der Waals surface area contributed by atoms with Crippen LogP contribution < -0.4 is 5.32 Å². The Morgan fingerprint density at radius 2 is 2.33 bits per heavy atom. The largest absolute Gasteiger partial charge is 0.507 e. The van der Waals surface area contributed by atoms with Crippen molar-refractivity contribution >= 4 is 27.9 Å². The van der Waals surface area contributed by atoms with E-state index in [0.29, 0.717) is 16.6 Å². The van der Waals surface area contributed by atoms with Gasteiger partial charge in [0.2, 0.25) is 0 Å². The van der Waals surface area contributed by atoms with E-state index in [9.17, 15) is 9.90 Å². The number of nitrogens with zero attached hydrogens (tertiary/aromatic N) is 1. The molecule has 18 heavy (non-hydrogen) atoms. The Hall–Kier alpha value is -2.06. The highest BCUT2D eigenvalue weighted by atomic mass is 79.9. The molecule has 1 amide bonds. The first kappa shape index (κ1) is 14.0. The molecule has 1 rings (SSSR count). The van der Waals surface area contributed by atoms with Gasteiger partial charge in [-0.3, -0.25) is 4.79 Å². The smallest absolute Gasteiger partial charge is 0.262 e. The van der Waals surface area contributed by atoms with E-state index in [1.165, 1.54) is 18.2 Å². The Morgan fingerprint density at radius 3 is 2.89 bits per heavy atom. The molecule has 0 fully saturated rings. The van der Waals surface area contributed by atoms with Gasteiger partial charge in [0.1, 0.15) is 17.4 Å². The highest BCUT2D eigenvalue weighted by Gasteiger charge is 2.08. The van der Waals surface area contributed by atoms with Crippen LogP contribution in [0.15, 0.2) is 40.9 Å². The average molecular weight is 307 g/mol. The van der Waals surface area contributed by atoms with Gasteiger partial charge < -0.3 is 10.4 Å². The van der Waals surface area contributed by atoms with Crippen molar-refractivity contribution in [2.75, 3.05) is 6.54 Å². The molecule has 5 heteroatoms. The molecule has 1 aromatic carbocycles. The predicted molar refractivity (Wildman–Crippen MR) is 72.6 cm³/mol. The molecular weight excluding hydrogens is 296 g/mol. The van der Waals surface area contributed by atoms with E-state index < -0.39 is 5.91 Å². The van der Waals surface area contributed by atoms with Crippen LogP contribution in [0, 0.1) is 11.3 Å². The summed E-state index contributed by atoms with van der Waals surface area (Å²) in [6, 6.07) is 6.54. The molecule has 0 atom stereocenters. The number of aromatic hydroxyl groups is 1. The highest BCUT2D eigenvalue weighted by molar-refractivity contribution is 9.10. The van der Waals surface area contributed by atoms with Crippen molar-refractivity contribution in [2.24, 2.45) is 0 Å². The lowest BCUT2D eigenvalue weighted by molar-refractivity contribution is -0.116. The Kier molecular flexibility index (Phi) is 5.15. The van der Waals surface area contributed by atoms with Crippen LogP contribution in [0.1, 0.15) is 5.56 Å². The van der Waals surface area contributed by atoms with Crippen LogP contribution in [-0.2, 0) is 4.79 Å². The lowest BCUT2D eigenvalue weighted by Gasteiger charge is -2.02. The van der Waals surface area contributed by atoms with Gasteiger partial charge in [-0.25, -0.2) is 0 Å². The summed E-state index contributed by atoms with van der Waals surface area (Å²) in [6.07, 6.45) is 2.98. The number of phenols is 1. The lowest BCUT2D eigenvalue weighted by atomic mass is 10.1. The van der Waals surface area contributed by atoms with Gasteiger partial charge in [0.05, 0.1) is 4.47 Å². The normalized spacial score (nSPS) is 10.6. The highest BCUT2D eigenvalue weighted by Crippen LogP contribution is 2.25. The number of nitriles is 1. The summed E-state index contributed by atoms with van der Waals surface area (Å²) in [5.41, 5.74) is 0.638. The maximum absolute atomic E-state index is 11.6. The van der Waals surface area contributed by atoms with E-state index in [1.54, 1.807) is 12.1 Å². The minimum atomic E-state index is -0.457. The standard InChI is InChI=1S/C13H11BrN2O2/c1-2-5-16-13(18)10(8-15)6-9-3-4-12(17)11(14)7-9/h2-4,6-7,17H,1,5H2,(H,16,18). The summed E-state index contributed by atoms with van der Waals surface area (Å²) in [5, 5.41) is 20.8. The first-order valence-electron chi connectivity index (χ1n) is 5.08. The maximum Gasteiger partial charge on any atom is 0.262 e. The third-order valence-electron chi connectivity index (χ3n) is 2.05. The van der Waals surface area contributed by atoms with Gasteiger partial charge >= 0.3 is 0 Å². The number of hydrogen-bond donors (Lipinski definition) is 2. The van der Waals surface area contributed by atoms with Crippen LogP contribution in [0.4, 0.5) is 0 Å². The molecule has 0 bridgehead atoms. The van der Waals surface area contributed by atoms with Gasteiger partial charge in [0.25, 0.3) is 5.91 Å². The van der Waals surface area contributed by atoms with E-state index in [-0.39, 0.29) is 11.3 Å². The minimum absolute atomic E-state index is 0.00515. The van der Waals surface area contributed by atoms with E-state index in [0.717, 1.165) is 0 Å². The van der Waals surface area contributed by atoms with Crippen molar-refractivity contribution in [1.82, 2.24) is 5.32 Å². The minimum Gasteiger partial charge on any atom is -0.507 e. The van der Waals surface area contributed by atoms with Crippen molar-refractivity contribution in [1.29, 1.82) is 5.26 Å². The zero-order chi connectivity index (χ0) is 13.5. The Labute approximate surface area is 113 Å². The van der Waals surface area contributed by atoms with Gasteiger partial charge in [-0.1, -0.05) is 12.1 Å². The van der Waals surface area contributed by atoms with Crippen molar-refractivity contribution in [3.05, 3.63) is 46.5 Å². The molecule has 0 spiro atoms. The Bertz CT molecular complexity index is 544. The van der Waals surface area contributed by atoms with E-state index in [1.807, 2.05) is 6.07 Å². The van der Waals surface area contributed by atoms with Gasteiger partial charge in [0.15, 0.2) is 0 Å². The number of carbonyl (C=O) groups is 1. The second kappa shape index (κ2) is 6.62. The van der Waals surface area contributed by atoms with E-state index in [4.69, 9.17) is 5.26 Å². The quantitative estimate of drug-likeness (QED) is 0.509. The topological polar surface area (TPSA) is 73.1 Å². The first-order chi connectivity index (χ1) is 8.58. The second-order valence-corrected chi connectivity index (χ2v) is 4.23. The van der Waals surface area contributed by atoms with Crippen LogP contribution >= 0.6 is 15.9 Å². The van der Waals surface area contributed by atoms with Crippen molar-refractivity contribution in [3.8, 4) is 11.8 Å². The summed E-state index contributed by atoms with van der Waals surface area (Å²) in [6.45, 7) is 3.77. The number of halogens is 1. The fraction of sp³-hybridized carbons (Fsp3) is 0.0769. The van der Waals surface area contributed by atoms with Crippen LogP contribution in [-0.4, -0.2) is 17.6 Å². The second-order valence-electron chi connectivity index (χ2n) is 3.38. The van der Waals surface area contributed by atoms with Gasteiger partial charge in [-0.2, -0.15) is 5.26 Å². The van der Waals surface area contributed by atoms with Gasteiger partial charge in [-0.15, -0.1) is 6.58 Å². The fourth-order valence-electron chi connectivity index (χ4n) is 1.19. The summed E-state index contributed by atoms with van der Waals surface area (Å²) in [4.78, 5) is 11.6. The molecule has 0 aliphatic carbocycles. The number of rotatable bonds is 4. The summed E-state index contributed by atoms with van der Waals surface area (Å²) in [5.74, 6) is -0.358. The molecule has 2 N–H and O–H groups in total. The predicted octanol–water partition coefficient (Wildman–Crippen LogP) is 2.36. The summed E-state index contributed by atoms with van der Waals surface area (Å²) < 4.78 is 0.500. The molecular formula is C13H11BrN2O2. The lowest BCUT2D eigenvalue weighted by Crippen LogP contribution is -2.24. The maximum atomic E-state index is 11.6. The molecule has 4 nitrogen and oxygen atoms in total. The third-order valence-corrected chi connectivity index (χ3v) is 2.69. The molecule has 0 saturated carbocycles. The summed E-state index contributed by atoms with van der Waals surface area (Å²) >= 11 is 3.16. The molecule has 0 heterocycles. The van der Waals surface area contributed by atoms with E-state index >= 15 is 0 Å². The van der Waals surface area contributed by atoms with Crippen LogP contribution in [0.3, 0.4) is 0 Å². The van der Waals surface area contributed by atoms with E-state index in [2.05, 4.69) is 27.8 Å². The summed E-state index contributed by atoms with van der Waals surface area (Å²) in [7, 11) is 0. The molecule has 0 radical (unpaired) electrons. The van der Waals surface area contributed by atoms with Crippen molar-refractivity contribution in [3.63, 3.8) is 0 Å². The molecule has 92 valence electrons. The van der Waals surface area contributed by atoms with Crippen molar-refractivity contribution in [2.45, 2.75) is 0 Å². The zero-order valence-electron chi connectivity index (χ0n) is 9.48. The Balaban J connectivity index is 2.97. The zero-order valence-corrected chi connectivity index (χ0v) is 11.1. The number of hydrogen-bond acceptors (Lipinski definition) is 3. The van der Waals surface area contributed by atoms with Crippen LogP contribution in [0.2, 0.25) is 0 Å². The fourth-order valence-corrected chi connectivity index (χ4v) is 1.58. The molecule has 0 aromatic heterocycles. The van der Waals surface area contributed by atoms with Gasteiger partial charge in [-0.05, 0) is 39.7 Å². The third kappa shape index (κ3) is 3.75. The average Bonchev–Trinajstić information content (AvgIpc) is 2.37.